The first-order valence-corrected chi connectivity index (χ1v) is 11.6. The van der Waals surface area contributed by atoms with E-state index in [1.807, 2.05) is 19.1 Å². The Hall–Kier alpha value is -2.78. The lowest BCUT2D eigenvalue weighted by Crippen LogP contribution is -2.29. The average Bonchev–Trinajstić information content (AvgIpc) is 2.79. The van der Waals surface area contributed by atoms with Gasteiger partial charge in [-0.25, -0.2) is 19.8 Å². The van der Waals surface area contributed by atoms with Crippen LogP contribution in [0, 0.1) is 6.92 Å². The van der Waals surface area contributed by atoms with Crippen molar-refractivity contribution in [3.05, 3.63) is 57.6 Å². The van der Waals surface area contributed by atoms with Gasteiger partial charge in [-0.15, -0.1) is 14.0 Å². The Labute approximate surface area is 190 Å². The van der Waals surface area contributed by atoms with Gasteiger partial charge in [0.05, 0.1) is 0 Å². The number of nitrogens with zero attached hydrogens (tertiary/aromatic N) is 3. The van der Waals surface area contributed by atoms with Gasteiger partial charge in [0.1, 0.15) is 11.3 Å². The Balaban J connectivity index is 1.65. The summed E-state index contributed by atoms with van der Waals surface area (Å²) >= 11 is -1.46. The molecule has 2 N–H and O–H groups in total. The fourth-order valence-corrected chi connectivity index (χ4v) is 4.18. The first kappa shape index (κ1) is 22.4. The normalized spacial score (nSPS) is 14.3. The Morgan fingerprint density at radius 1 is 1.34 bits per heavy atom. The molecule has 4 rings (SSSR count). The number of nitrogens with one attached hydrogen (secondary N) is 2. The maximum absolute atomic E-state index is 12.8. The van der Waals surface area contributed by atoms with Crippen LogP contribution in [0.1, 0.15) is 23.1 Å². The maximum atomic E-state index is 12.8. The molecule has 0 radical (unpaired) electrons. The van der Waals surface area contributed by atoms with Crippen molar-refractivity contribution >= 4 is 55.1 Å². The van der Waals surface area contributed by atoms with Crippen molar-refractivity contribution in [1.29, 1.82) is 0 Å². The van der Waals surface area contributed by atoms with E-state index in [9.17, 15) is 9.35 Å². The Morgan fingerprint density at radius 3 is 2.94 bits per heavy atom. The highest BCUT2D eigenvalue weighted by molar-refractivity contribution is 7.90. The standard InChI is InChI=1S/C21H22N5O4PS/c1-12-15-5-4-14(29-21-24-7-3-8-25-21)11-17(15)30-20(27)16(12)10-13-6-9-23-19(18(13)31)26-32(28)22-2/h4-7,9,11,22H,3,8,10,31H2,1-2H3,(H,23,26). The van der Waals surface area contributed by atoms with Gasteiger partial charge in [0.15, 0.2) is 17.4 Å². The Kier molecular flexibility index (Phi) is 6.86. The highest BCUT2D eigenvalue weighted by Gasteiger charge is 2.17. The number of aryl methyl sites for hydroxylation is 1. The van der Waals surface area contributed by atoms with Crippen LogP contribution in [0.3, 0.4) is 0 Å². The van der Waals surface area contributed by atoms with Gasteiger partial charge in [-0.1, -0.05) is 0 Å². The first-order chi connectivity index (χ1) is 15.5. The molecule has 3 heterocycles. The number of fused-ring (bicyclic) bond motifs is 1. The second-order valence-electron chi connectivity index (χ2n) is 7.00. The van der Waals surface area contributed by atoms with Crippen LogP contribution in [0.4, 0.5) is 5.82 Å². The van der Waals surface area contributed by atoms with Crippen LogP contribution in [-0.2, 0) is 18.0 Å². The molecule has 0 spiro atoms. The molecule has 1 aromatic carbocycles. The van der Waals surface area contributed by atoms with E-state index in [4.69, 9.17) is 9.15 Å². The third-order valence-electron chi connectivity index (χ3n) is 5.00. The Bertz CT molecular complexity index is 1280. The van der Waals surface area contributed by atoms with Gasteiger partial charge in [-0.2, -0.15) is 4.72 Å². The van der Waals surface area contributed by atoms with Crippen molar-refractivity contribution in [2.24, 2.45) is 9.98 Å². The fraction of sp³-hybridized carbons (Fsp3) is 0.238. The summed E-state index contributed by atoms with van der Waals surface area (Å²) < 4.78 is 28.4. The van der Waals surface area contributed by atoms with Crippen LogP contribution in [0.2, 0.25) is 0 Å². The minimum absolute atomic E-state index is 0.292. The van der Waals surface area contributed by atoms with Gasteiger partial charge >= 0.3 is 11.6 Å². The van der Waals surface area contributed by atoms with Gasteiger partial charge in [0.25, 0.3) is 0 Å². The van der Waals surface area contributed by atoms with Gasteiger partial charge < -0.3 is 13.7 Å². The van der Waals surface area contributed by atoms with Crippen molar-refractivity contribution in [3.63, 3.8) is 0 Å². The quantitative estimate of drug-likeness (QED) is 0.320. The molecule has 11 heteroatoms. The van der Waals surface area contributed by atoms with Crippen LogP contribution in [0.15, 0.2) is 49.7 Å². The van der Waals surface area contributed by atoms with Gasteiger partial charge in [-0.3, -0.25) is 0 Å². The zero-order valence-electron chi connectivity index (χ0n) is 17.5. The maximum Gasteiger partial charge on any atom is 0.340 e. The molecule has 0 amide bonds. The van der Waals surface area contributed by atoms with Gasteiger partial charge in [0, 0.05) is 61.2 Å². The second kappa shape index (κ2) is 9.79. The number of aromatic nitrogens is 1. The summed E-state index contributed by atoms with van der Waals surface area (Å²) in [6.07, 6.45) is 4.50. The molecule has 0 aliphatic carbocycles. The molecule has 1 aliphatic rings. The Morgan fingerprint density at radius 2 is 2.19 bits per heavy atom. The molecule has 2 aromatic heterocycles. The van der Waals surface area contributed by atoms with E-state index in [2.05, 4.69) is 33.7 Å². The SMILES string of the molecule is CN[S+]([O-])Nc1nccc(Cc2c(C)c3ccc(OC4=NCCC=N4)cc3oc2=O)c1P. The average molecular weight is 471 g/mol. The monoisotopic (exact) mass is 471 g/mol. The number of hydrogen-bond donors (Lipinski definition) is 2. The zero-order chi connectivity index (χ0) is 22.7. The lowest BCUT2D eigenvalue weighted by molar-refractivity contribution is 0.526. The number of hydrogen-bond acceptors (Lipinski definition) is 9. The number of amidine groups is 1. The number of pyridine rings is 1. The molecule has 166 valence electrons. The van der Waals surface area contributed by atoms with E-state index in [0.29, 0.717) is 41.7 Å². The van der Waals surface area contributed by atoms with Crippen molar-refractivity contribution in [2.75, 3.05) is 18.3 Å². The number of aliphatic imine (C=N–C) groups is 2. The van der Waals surface area contributed by atoms with E-state index in [1.54, 1.807) is 31.6 Å². The van der Waals surface area contributed by atoms with Crippen LogP contribution >= 0.6 is 9.24 Å². The summed E-state index contributed by atoms with van der Waals surface area (Å²) in [5.41, 5.74) is 2.23. The second-order valence-corrected chi connectivity index (χ2v) is 8.73. The van der Waals surface area contributed by atoms with Crippen LogP contribution in [0.25, 0.3) is 11.0 Å². The first-order valence-electron chi connectivity index (χ1n) is 9.86. The molecule has 0 bridgehead atoms. The predicted octanol–water partition coefficient (Wildman–Crippen LogP) is 2.01. The summed E-state index contributed by atoms with van der Waals surface area (Å²) in [6.45, 7) is 2.53. The van der Waals surface area contributed by atoms with Crippen molar-refractivity contribution in [2.45, 2.75) is 19.8 Å². The number of ether oxygens (including phenoxy) is 1. The molecular weight excluding hydrogens is 449 g/mol. The molecule has 2 atom stereocenters. The summed E-state index contributed by atoms with van der Waals surface area (Å²) in [5.74, 6) is 0.957. The van der Waals surface area contributed by atoms with Gasteiger partial charge in [0.2, 0.25) is 0 Å². The third kappa shape index (κ3) is 4.83. The van der Waals surface area contributed by atoms with E-state index in [1.165, 1.54) is 0 Å². The molecule has 0 fully saturated rings. The van der Waals surface area contributed by atoms with Crippen LogP contribution < -0.4 is 25.1 Å². The molecule has 9 nitrogen and oxygen atoms in total. The van der Waals surface area contributed by atoms with Crippen molar-refractivity contribution < 1.29 is 13.7 Å². The van der Waals surface area contributed by atoms with E-state index < -0.39 is 17.2 Å². The van der Waals surface area contributed by atoms with Gasteiger partial charge in [-0.05, 0) is 36.2 Å². The number of anilines is 1. The molecular formula is C21H22N5O4PS. The van der Waals surface area contributed by atoms with Crippen molar-refractivity contribution in [1.82, 2.24) is 9.71 Å². The van der Waals surface area contributed by atoms with Crippen LogP contribution in [0.5, 0.6) is 5.75 Å². The largest absolute Gasteiger partial charge is 0.574 e. The molecule has 32 heavy (non-hydrogen) atoms. The third-order valence-corrected chi connectivity index (χ3v) is 6.39. The highest BCUT2D eigenvalue weighted by Crippen LogP contribution is 2.26. The molecule has 2 unspecified atom stereocenters. The number of rotatable bonds is 6. The van der Waals surface area contributed by atoms with E-state index in [0.717, 1.165) is 28.2 Å². The fourth-order valence-electron chi connectivity index (χ4n) is 3.29. The number of benzene rings is 1. The summed E-state index contributed by atoms with van der Waals surface area (Å²) in [4.78, 5) is 25.4. The van der Waals surface area contributed by atoms with E-state index in [-0.39, 0.29) is 0 Å². The molecule has 0 saturated carbocycles. The summed E-state index contributed by atoms with van der Waals surface area (Å²) in [7, 11) is 4.17. The van der Waals surface area contributed by atoms with Crippen LogP contribution in [-0.4, -0.2) is 35.4 Å². The highest BCUT2D eigenvalue weighted by atomic mass is 32.2. The minimum Gasteiger partial charge on any atom is -0.574 e. The minimum atomic E-state index is -1.46. The summed E-state index contributed by atoms with van der Waals surface area (Å²) in [6, 6.07) is 7.44. The molecule has 1 aliphatic heterocycles. The molecule has 3 aromatic rings. The smallest absolute Gasteiger partial charge is 0.340 e. The topological polar surface area (TPSA) is 124 Å². The zero-order valence-corrected chi connectivity index (χ0v) is 19.5. The van der Waals surface area contributed by atoms with E-state index >= 15 is 0 Å². The molecule has 0 saturated heterocycles. The lowest BCUT2D eigenvalue weighted by Gasteiger charge is -2.14. The summed E-state index contributed by atoms with van der Waals surface area (Å²) in [5, 5.41) is 1.54. The lowest BCUT2D eigenvalue weighted by atomic mass is 10.00. The van der Waals surface area contributed by atoms with Crippen molar-refractivity contribution in [3.8, 4) is 5.75 Å². The predicted molar refractivity (Wildman–Crippen MR) is 130 cm³/mol.